The molecule has 0 aromatic rings. The number of sulfonamides is 1. The molecule has 7 nitrogen and oxygen atoms in total. The first-order chi connectivity index (χ1) is 17.7. The van der Waals surface area contributed by atoms with Crippen molar-refractivity contribution in [3.63, 3.8) is 0 Å². The minimum absolute atomic E-state index is 0.194. The lowest BCUT2D eigenvalue weighted by atomic mass is 9.70. The summed E-state index contributed by atoms with van der Waals surface area (Å²) in [5.41, 5.74) is 1.26. The Labute approximate surface area is 226 Å². The minimum atomic E-state index is -3.26. The van der Waals surface area contributed by atoms with Crippen molar-refractivity contribution < 1.29 is 13.2 Å². The second-order valence-electron chi connectivity index (χ2n) is 12.6. The summed E-state index contributed by atoms with van der Waals surface area (Å²) < 4.78 is 28.6. The number of nitrogens with one attached hydrogen (secondary N) is 2. The maximum absolute atomic E-state index is 13.3. The molecule has 4 rings (SSSR count). The molecule has 2 aliphatic carbocycles. The number of nitrogens with zero attached hydrogens (tertiary/aromatic N) is 2. The van der Waals surface area contributed by atoms with Crippen LogP contribution in [-0.2, 0) is 14.8 Å². The molecule has 8 heteroatoms. The molecule has 4 aliphatic rings. The van der Waals surface area contributed by atoms with Crippen molar-refractivity contribution in [3.05, 3.63) is 11.6 Å². The van der Waals surface area contributed by atoms with Gasteiger partial charge in [0.2, 0.25) is 15.9 Å². The molecular formula is C29H52N4O3S. The Balaban J connectivity index is 1.28. The Morgan fingerprint density at radius 1 is 1.05 bits per heavy atom. The molecule has 37 heavy (non-hydrogen) atoms. The van der Waals surface area contributed by atoms with Gasteiger partial charge in [-0.1, -0.05) is 44.8 Å². The van der Waals surface area contributed by atoms with Crippen molar-refractivity contribution in [2.45, 2.75) is 91.1 Å². The molecular weight excluding hydrogens is 484 g/mol. The zero-order valence-corrected chi connectivity index (χ0v) is 24.4. The number of piperazine rings is 1. The molecule has 1 saturated carbocycles. The fourth-order valence-electron chi connectivity index (χ4n) is 7.22. The van der Waals surface area contributed by atoms with Gasteiger partial charge in [-0.25, -0.2) is 13.1 Å². The number of allylic oxidation sites excluding steroid dienone is 1. The van der Waals surface area contributed by atoms with E-state index in [0.29, 0.717) is 36.9 Å². The van der Waals surface area contributed by atoms with Crippen LogP contribution in [0.2, 0.25) is 0 Å². The van der Waals surface area contributed by atoms with Gasteiger partial charge in [-0.2, -0.15) is 0 Å². The van der Waals surface area contributed by atoms with E-state index in [1.807, 2.05) is 0 Å². The molecule has 2 aliphatic heterocycles. The van der Waals surface area contributed by atoms with E-state index in [1.54, 1.807) is 0 Å². The van der Waals surface area contributed by atoms with Crippen LogP contribution in [0.15, 0.2) is 11.6 Å². The predicted molar refractivity (Wildman–Crippen MR) is 150 cm³/mol. The molecule has 0 spiro atoms. The van der Waals surface area contributed by atoms with E-state index in [2.05, 4.69) is 46.7 Å². The summed E-state index contributed by atoms with van der Waals surface area (Å²) >= 11 is 0. The number of rotatable bonds is 9. The molecule has 212 valence electrons. The van der Waals surface area contributed by atoms with Crippen LogP contribution in [0.25, 0.3) is 0 Å². The van der Waals surface area contributed by atoms with Crippen LogP contribution in [0.1, 0.15) is 85.0 Å². The Morgan fingerprint density at radius 3 is 2.41 bits per heavy atom. The zero-order valence-electron chi connectivity index (χ0n) is 23.6. The van der Waals surface area contributed by atoms with E-state index in [-0.39, 0.29) is 23.5 Å². The van der Waals surface area contributed by atoms with Crippen molar-refractivity contribution in [3.8, 4) is 0 Å². The third-order valence-electron chi connectivity index (χ3n) is 9.62. The lowest BCUT2D eigenvalue weighted by Crippen LogP contribution is -2.57. The highest BCUT2D eigenvalue weighted by atomic mass is 32.2. The van der Waals surface area contributed by atoms with E-state index >= 15 is 0 Å². The first-order valence-electron chi connectivity index (χ1n) is 15.1. The van der Waals surface area contributed by atoms with Crippen molar-refractivity contribution in [1.29, 1.82) is 0 Å². The summed E-state index contributed by atoms with van der Waals surface area (Å²) in [6, 6.07) is 0. The summed E-state index contributed by atoms with van der Waals surface area (Å²) in [6.45, 7) is 11.8. The predicted octanol–water partition coefficient (Wildman–Crippen LogP) is 3.97. The van der Waals surface area contributed by atoms with Gasteiger partial charge >= 0.3 is 0 Å². The van der Waals surface area contributed by atoms with Gasteiger partial charge < -0.3 is 10.2 Å². The molecule has 3 fully saturated rings. The molecule has 4 atom stereocenters. The molecule has 1 amide bonds. The van der Waals surface area contributed by atoms with E-state index in [4.69, 9.17) is 0 Å². The van der Waals surface area contributed by atoms with Gasteiger partial charge in [-0.05, 0) is 81.6 Å². The maximum atomic E-state index is 13.3. The molecule has 2 saturated heterocycles. The van der Waals surface area contributed by atoms with Gasteiger partial charge in [0.1, 0.15) is 0 Å². The molecule has 1 unspecified atom stereocenters. The lowest BCUT2D eigenvalue weighted by Gasteiger charge is -2.42. The number of hydrogen-bond acceptors (Lipinski definition) is 5. The molecule has 0 aromatic heterocycles. The van der Waals surface area contributed by atoms with E-state index < -0.39 is 10.0 Å². The highest BCUT2D eigenvalue weighted by molar-refractivity contribution is 7.89. The Kier molecular flexibility index (Phi) is 10.5. The average molecular weight is 537 g/mol. The summed E-state index contributed by atoms with van der Waals surface area (Å²) in [7, 11) is -3.26. The number of piperidine rings is 1. The minimum Gasteiger partial charge on any atom is -0.340 e. The van der Waals surface area contributed by atoms with Crippen LogP contribution in [0, 0.1) is 29.6 Å². The van der Waals surface area contributed by atoms with Gasteiger partial charge in [0.05, 0.1) is 11.9 Å². The lowest BCUT2D eigenvalue weighted by molar-refractivity contribution is -0.134. The fourth-order valence-corrected chi connectivity index (χ4v) is 8.74. The van der Waals surface area contributed by atoms with Crippen molar-refractivity contribution >= 4 is 15.9 Å². The Hall–Kier alpha value is -0.960. The normalized spacial score (nSPS) is 30.9. The third kappa shape index (κ3) is 8.26. The number of carbonyl (C=O) groups excluding carboxylic acids is 1. The van der Waals surface area contributed by atoms with Crippen LogP contribution < -0.4 is 10.0 Å². The molecule has 2 N–H and O–H groups in total. The third-order valence-corrected chi connectivity index (χ3v) is 11.1. The van der Waals surface area contributed by atoms with Crippen molar-refractivity contribution in [2.75, 3.05) is 45.0 Å². The van der Waals surface area contributed by atoms with Crippen LogP contribution >= 0.6 is 0 Å². The number of hydrogen-bond donors (Lipinski definition) is 2. The molecule has 0 radical (unpaired) electrons. The SMILES string of the molecule is CC1=C[C@@H](CNS(=O)(=O)CC2CCCCC2)[C@H](C(C)C)C[C@H]1CC(=O)N1CCN(C2CCCCN2)CC1. The maximum Gasteiger partial charge on any atom is 0.223 e. The quantitative estimate of drug-likeness (QED) is 0.436. The van der Waals surface area contributed by atoms with Crippen LogP contribution in [-0.4, -0.2) is 75.3 Å². The highest BCUT2D eigenvalue weighted by Crippen LogP contribution is 2.39. The van der Waals surface area contributed by atoms with Gasteiger partial charge in [-0.3, -0.25) is 9.69 Å². The largest absolute Gasteiger partial charge is 0.340 e. The second-order valence-corrected chi connectivity index (χ2v) is 14.5. The standard InChI is InChI=1S/C29H52N4O3S/c1-22(2)27-18-25(19-29(34)33-15-13-32(14-16-33)28-11-7-8-12-30-28)23(3)17-26(27)20-31-37(35,36)21-24-9-5-4-6-10-24/h17,22,24-28,30-31H,4-16,18-21H2,1-3H3/t25-,26-,27-,28?/m0/s1. The van der Waals surface area contributed by atoms with E-state index in [1.165, 1.54) is 31.3 Å². The average Bonchev–Trinajstić information content (AvgIpc) is 2.89. The monoisotopic (exact) mass is 536 g/mol. The summed E-state index contributed by atoms with van der Waals surface area (Å²) in [5.74, 6) is 2.15. The fraction of sp³-hybridized carbons (Fsp3) is 0.897. The van der Waals surface area contributed by atoms with Gasteiger partial charge in [0, 0.05) is 39.1 Å². The highest BCUT2D eigenvalue weighted by Gasteiger charge is 2.35. The van der Waals surface area contributed by atoms with E-state index in [0.717, 1.165) is 64.8 Å². The van der Waals surface area contributed by atoms with Crippen molar-refractivity contribution in [2.24, 2.45) is 29.6 Å². The van der Waals surface area contributed by atoms with Gasteiger partial charge in [-0.15, -0.1) is 0 Å². The Morgan fingerprint density at radius 2 is 1.76 bits per heavy atom. The van der Waals surface area contributed by atoms with Crippen molar-refractivity contribution in [1.82, 2.24) is 19.8 Å². The second kappa shape index (κ2) is 13.4. The summed E-state index contributed by atoms with van der Waals surface area (Å²) in [6.07, 6.45) is 13.7. The molecule has 0 bridgehead atoms. The zero-order chi connectivity index (χ0) is 26.4. The smallest absolute Gasteiger partial charge is 0.223 e. The summed E-state index contributed by atoms with van der Waals surface area (Å²) in [4.78, 5) is 17.9. The van der Waals surface area contributed by atoms with E-state index in [9.17, 15) is 13.2 Å². The Bertz CT molecular complexity index is 870. The van der Waals surface area contributed by atoms with Gasteiger partial charge in [0.25, 0.3) is 0 Å². The van der Waals surface area contributed by atoms with Crippen LogP contribution in [0.5, 0.6) is 0 Å². The topological polar surface area (TPSA) is 81.8 Å². The molecule has 0 aromatic carbocycles. The van der Waals surface area contributed by atoms with Crippen LogP contribution in [0.4, 0.5) is 0 Å². The first kappa shape index (κ1) is 29.0. The number of carbonyl (C=O) groups is 1. The van der Waals surface area contributed by atoms with Gasteiger partial charge in [0.15, 0.2) is 0 Å². The summed E-state index contributed by atoms with van der Waals surface area (Å²) in [5, 5.41) is 3.64. The van der Waals surface area contributed by atoms with Crippen LogP contribution in [0.3, 0.4) is 0 Å². The molecule has 2 heterocycles. The first-order valence-corrected chi connectivity index (χ1v) is 16.8. The number of amides is 1.